The van der Waals surface area contributed by atoms with Gasteiger partial charge in [-0.25, -0.2) is 4.99 Å². The molecule has 1 saturated heterocycles. The number of hydrogen-bond acceptors (Lipinski definition) is 4. The van der Waals surface area contributed by atoms with E-state index >= 15 is 0 Å². The molecule has 168 valence electrons. The summed E-state index contributed by atoms with van der Waals surface area (Å²) in [7, 11) is 0. The Bertz CT molecular complexity index is 703. The van der Waals surface area contributed by atoms with E-state index in [1.165, 1.54) is 5.56 Å². The number of nitrogens with zero attached hydrogens (tertiary/aromatic N) is 3. The Morgan fingerprint density at radius 2 is 2.00 bits per heavy atom. The van der Waals surface area contributed by atoms with Crippen LogP contribution in [0, 0.1) is 6.92 Å². The van der Waals surface area contributed by atoms with Crippen LogP contribution >= 0.6 is 24.0 Å². The van der Waals surface area contributed by atoms with E-state index in [0.29, 0.717) is 19.1 Å². The molecule has 7 nitrogen and oxygen atoms in total. The number of carbonyl (C=O) groups is 1. The quantitative estimate of drug-likeness (QED) is 0.307. The Labute approximate surface area is 197 Å². The summed E-state index contributed by atoms with van der Waals surface area (Å²) in [5.41, 5.74) is 1.19. The molecule has 0 radical (unpaired) electrons. The molecule has 0 spiro atoms. The maximum atomic E-state index is 12.0. The smallest absolute Gasteiger partial charge is 0.234 e. The molecule has 1 unspecified atom stereocenters. The summed E-state index contributed by atoms with van der Waals surface area (Å²) < 4.78 is 6.00. The van der Waals surface area contributed by atoms with Crippen molar-refractivity contribution in [2.45, 2.75) is 45.8 Å². The Balaban J connectivity index is 0.00000320. The van der Waals surface area contributed by atoms with Gasteiger partial charge in [0.15, 0.2) is 5.96 Å². The van der Waals surface area contributed by atoms with Crippen LogP contribution in [-0.2, 0) is 4.79 Å². The molecule has 1 saturated carbocycles. The van der Waals surface area contributed by atoms with E-state index < -0.39 is 0 Å². The largest absolute Gasteiger partial charge is 0.489 e. The van der Waals surface area contributed by atoms with Crippen LogP contribution in [-0.4, -0.2) is 79.6 Å². The second kappa shape index (κ2) is 12.3. The average Bonchev–Trinajstić information content (AvgIpc) is 3.49. The molecule has 2 fully saturated rings. The number of ether oxygens (including phenoxy) is 1. The summed E-state index contributed by atoms with van der Waals surface area (Å²) in [4.78, 5) is 21.3. The lowest BCUT2D eigenvalue weighted by Crippen LogP contribution is -2.54. The molecule has 0 aromatic heterocycles. The van der Waals surface area contributed by atoms with Gasteiger partial charge in [0, 0.05) is 38.8 Å². The van der Waals surface area contributed by atoms with Crippen molar-refractivity contribution in [3.05, 3.63) is 29.8 Å². The number of benzene rings is 1. The molecule has 1 amide bonds. The number of amides is 1. The first-order valence-electron chi connectivity index (χ1n) is 10.8. The zero-order valence-electron chi connectivity index (χ0n) is 18.4. The lowest BCUT2D eigenvalue weighted by atomic mass is 10.2. The molecule has 1 aromatic carbocycles. The SMILES string of the molecule is CCNC(=NCC(C)Oc1cccc(C)c1)N1CCN(CC(=O)NC2CC2)CC1.I. The minimum absolute atomic E-state index is 0. The van der Waals surface area contributed by atoms with Crippen molar-refractivity contribution in [3.63, 3.8) is 0 Å². The zero-order chi connectivity index (χ0) is 20.6. The molecular weight excluding hydrogens is 493 g/mol. The highest BCUT2D eigenvalue weighted by Crippen LogP contribution is 2.18. The molecule has 3 rings (SSSR count). The van der Waals surface area contributed by atoms with Crippen LogP contribution in [0.3, 0.4) is 0 Å². The third kappa shape index (κ3) is 8.29. The van der Waals surface area contributed by atoms with Gasteiger partial charge < -0.3 is 20.3 Å². The van der Waals surface area contributed by atoms with Gasteiger partial charge in [-0.05, 0) is 51.3 Å². The summed E-state index contributed by atoms with van der Waals surface area (Å²) >= 11 is 0. The molecule has 30 heavy (non-hydrogen) atoms. The van der Waals surface area contributed by atoms with Crippen LogP contribution in [0.15, 0.2) is 29.3 Å². The van der Waals surface area contributed by atoms with Gasteiger partial charge in [0.05, 0.1) is 13.1 Å². The van der Waals surface area contributed by atoms with Crippen molar-refractivity contribution >= 4 is 35.8 Å². The molecule has 1 aliphatic carbocycles. The molecular formula is C22H36IN5O2. The fourth-order valence-electron chi connectivity index (χ4n) is 3.42. The predicted molar refractivity (Wildman–Crippen MR) is 132 cm³/mol. The van der Waals surface area contributed by atoms with E-state index in [-0.39, 0.29) is 36.0 Å². The molecule has 1 aromatic rings. The van der Waals surface area contributed by atoms with Gasteiger partial charge in [0.1, 0.15) is 11.9 Å². The monoisotopic (exact) mass is 529 g/mol. The molecule has 8 heteroatoms. The summed E-state index contributed by atoms with van der Waals surface area (Å²) in [6, 6.07) is 8.53. The lowest BCUT2D eigenvalue weighted by molar-refractivity contribution is -0.122. The molecule has 1 heterocycles. The zero-order valence-corrected chi connectivity index (χ0v) is 20.7. The number of rotatable bonds is 8. The normalized spacial score (nSPS) is 18.4. The highest BCUT2D eigenvalue weighted by atomic mass is 127. The minimum Gasteiger partial charge on any atom is -0.489 e. The van der Waals surface area contributed by atoms with E-state index in [1.54, 1.807) is 0 Å². The number of nitrogens with one attached hydrogen (secondary N) is 2. The maximum absolute atomic E-state index is 12.0. The van der Waals surface area contributed by atoms with Crippen LogP contribution in [0.2, 0.25) is 0 Å². The molecule has 1 aliphatic heterocycles. The van der Waals surface area contributed by atoms with Crippen LogP contribution < -0.4 is 15.4 Å². The third-order valence-electron chi connectivity index (χ3n) is 5.14. The van der Waals surface area contributed by atoms with Gasteiger partial charge in [-0.2, -0.15) is 0 Å². The van der Waals surface area contributed by atoms with Crippen molar-refractivity contribution in [2.24, 2.45) is 4.99 Å². The summed E-state index contributed by atoms with van der Waals surface area (Å²) in [5, 5.41) is 6.46. The van der Waals surface area contributed by atoms with Crippen LogP contribution in [0.5, 0.6) is 5.75 Å². The Kier molecular flexibility index (Phi) is 10.2. The van der Waals surface area contributed by atoms with Gasteiger partial charge in [0.25, 0.3) is 0 Å². The molecule has 2 N–H and O–H groups in total. The fourth-order valence-corrected chi connectivity index (χ4v) is 3.42. The van der Waals surface area contributed by atoms with Gasteiger partial charge in [0.2, 0.25) is 5.91 Å². The van der Waals surface area contributed by atoms with E-state index in [4.69, 9.17) is 9.73 Å². The minimum atomic E-state index is -0.00198. The fraction of sp³-hybridized carbons (Fsp3) is 0.636. The van der Waals surface area contributed by atoms with Gasteiger partial charge in [-0.15, -0.1) is 24.0 Å². The Morgan fingerprint density at radius 1 is 1.27 bits per heavy atom. The van der Waals surface area contributed by atoms with Crippen molar-refractivity contribution < 1.29 is 9.53 Å². The second-order valence-electron chi connectivity index (χ2n) is 8.04. The maximum Gasteiger partial charge on any atom is 0.234 e. The summed E-state index contributed by atoms with van der Waals surface area (Å²) in [6.45, 7) is 11.6. The first-order chi connectivity index (χ1) is 14.0. The number of halogens is 1. The van der Waals surface area contributed by atoms with Gasteiger partial charge in [-0.3, -0.25) is 9.69 Å². The lowest BCUT2D eigenvalue weighted by Gasteiger charge is -2.36. The Hall–Kier alpha value is -1.55. The molecule has 2 aliphatic rings. The van der Waals surface area contributed by atoms with Gasteiger partial charge in [-0.1, -0.05) is 12.1 Å². The predicted octanol–water partition coefficient (Wildman–Crippen LogP) is 2.24. The summed E-state index contributed by atoms with van der Waals surface area (Å²) in [6.07, 6.45) is 2.26. The number of aliphatic imine (C=N–C) groups is 1. The van der Waals surface area contributed by atoms with Crippen LogP contribution in [0.25, 0.3) is 0 Å². The van der Waals surface area contributed by atoms with Crippen molar-refractivity contribution in [1.29, 1.82) is 0 Å². The van der Waals surface area contributed by atoms with E-state index in [2.05, 4.69) is 40.3 Å². The number of carbonyl (C=O) groups excluding carboxylic acids is 1. The third-order valence-corrected chi connectivity index (χ3v) is 5.14. The second-order valence-corrected chi connectivity index (χ2v) is 8.04. The summed E-state index contributed by atoms with van der Waals surface area (Å²) in [5.74, 6) is 1.97. The number of aryl methyl sites for hydroxylation is 1. The first-order valence-corrected chi connectivity index (χ1v) is 10.8. The average molecular weight is 529 g/mol. The number of guanidine groups is 1. The number of hydrogen-bond donors (Lipinski definition) is 2. The van der Waals surface area contributed by atoms with E-state index in [0.717, 1.165) is 57.3 Å². The topological polar surface area (TPSA) is 69.2 Å². The van der Waals surface area contributed by atoms with Crippen molar-refractivity contribution in [2.75, 3.05) is 45.8 Å². The molecule has 0 bridgehead atoms. The van der Waals surface area contributed by atoms with Crippen molar-refractivity contribution in [3.8, 4) is 5.75 Å². The Morgan fingerprint density at radius 3 is 2.63 bits per heavy atom. The van der Waals surface area contributed by atoms with Gasteiger partial charge >= 0.3 is 0 Å². The number of piperazine rings is 1. The van der Waals surface area contributed by atoms with E-state index in [9.17, 15) is 4.79 Å². The highest BCUT2D eigenvalue weighted by molar-refractivity contribution is 14.0. The highest BCUT2D eigenvalue weighted by Gasteiger charge is 2.26. The van der Waals surface area contributed by atoms with Crippen LogP contribution in [0.1, 0.15) is 32.3 Å². The molecule has 1 atom stereocenters. The first kappa shape index (κ1) is 24.7. The van der Waals surface area contributed by atoms with Crippen molar-refractivity contribution in [1.82, 2.24) is 20.4 Å². The standard InChI is InChI=1S/C22H35N5O2.HI/c1-4-23-22(24-15-18(3)29-20-7-5-6-17(2)14-20)27-12-10-26(11-13-27)16-21(28)25-19-8-9-19;/h5-7,14,18-19H,4,8-13,15-16H2,1-3H3,(H,23,24)(H,25,28);1H. The van der Waals surface area contributed by atoms with E-state index in [1.807, 2.05) is 25.1 Å². The van der Waals surface area contributed by atoms with Crippen LogP contribution in [0.4, 0.5) is 0 Å².